The van der Waals surface area contributed by atoms with E-state index in [1.165, 1.54) is 0 Å². The molecule has 110 valence electrons. The number of hydrogen-bond acceptors (Lipinski definition) is 2. The van der Waals surface area contributed by atoms with Crippen LogP contribution in [0.25, 0.3) is 0 Å². The molecule has 1 aromatic carbocycles. The molecular weight excluding hydrogens is 320 g/mol. The number of piperidine rings is 1. The topological polar surface area (TPSA) is 52.6 Å². The van der Waals surface area contributed by atoms with E-state index >= 15 is 0 Å². The fraction of sp³-hybridized carbons (Fsp3) is 0.533. The molecule has 1 atom stereocenters. The molecule has 4 nitrogen and oxygen atoms in total. The van der Waals surface area contributed by atoms with Gasteiger partial charge in [-0.15, -0.1) is 0 Å². The van der Waals surface area contributed by atoms with Crippen LogP contribution in [0.15, 0.2) is 22.7 Å². The third-order valence-electron chi connectivity index (χ3n) is 3.88. The van der Waals surface area contributed by atoms with Gasteiger partial charge in [0.25, 0.3) is 0 Å². The molecule has 2 amide bonds. The van der Waals surface area contributed by atoms with Gasteiger partial charge in [-0.2, -0.15) is 0 Å². The quantitative estimate of drug-likeness (QED) is 0.866. The fourth-order valence-corrected chi connectivity index (χ4v) is 3.09. The van der Waals surface area contributed by atoms with E-state index in [1.807, 2.05) is 36.9 Å². The number of halogens is 1. The number of likely N-dealkylation sites (tertiary alicyclic amines) is 1. The number of nitrogens with zero attached hydrogens (tertiary/aromatic N) is 1. The Labute approximate surface area is 128 Å². The molecule has 5 heteroatoms. The summed E-state index contributed by atoms with van der Waals surface area (Å²) in [6.07, 6.45) is 1.44. The summed E-state index contributed by atoms with van der Waals surface area (Å²) < 4.78 is 0.893. The standard InChI is InChI=1S/C15H21BrN2O2/c1-10-3-4-14(13(16)9-10)17-15(20)18-7-5-12(6-8-18)11(2)19/h3-4,9,11-12,19H,5-8H2,1-2H3,(H,17,20). The highest BCUT2D eigenvalue weighted by molar-refractivity contribution is 9.10. The predicted molar refractivity (Wildman–Crippen MR) is 83.9 cm³/mol. The average Bonchev–Trinajstić information content (AvgIpc) is 2.42. The number of amides is 2. The third-order valence-corrected chi connectivity index (χ3v) is 4.53. The van der Waals surface area contributed by atoms with Crippen molar-refractivity contribution in [1.82, 2.24) is 4.90 Å². The maximum Gasteiger partial charge on any atom is 0.321 e. The van der Waals surface area contributed by atoms with Crippen LogP contribution in [0.3, 0.4) is 0 Å². The summed E-state index contributed by atoms with van der Waals surface area (Å²) in [7, 11) is 0. The Morgan fingerprint density at radius 2 is 2.10 bits per heavy atom. The Kier molecular flexibility index (Phi) is 5.05. The third kappa shape index (κ3) is 3.73. The van der Waals surface area contributed by atoms with Crippen molar-refractivity contribution in [3.05, 3.63) is 28.2 Å². The first-order chi connectivity index (χ1) is 9.47. The fourth-order valence-electron chi connectivity index (χ4n) is 2.50. The smallest absolute Gasteiger partial charge is 0.321 e. The zero-order valence-corrected chi connectivity index (χ0v) is 13.5. The number of hydrogen-bond donors (Lipinski definition) is 2. The highest BCUT2D eigenvalue weighted by Gasteiger charge is 2.25. The molecular formula is C15H21BrN2O2. The van der Waals surface area contributed by atoms with E-state index in [0.717, 1.165) is 28.6 Å². The van der Waals surface area contributed by atoms with Gasteiger partial charge in [-0.1, -0.05) is 6.07 Å². The summed E-state index contributed by atoms with van der Waals surface area (Å²) >= 11 is 3.46. The molecule has 1 heterocycles. The van der Waals surface area contributed by atoms with Crippen molar-refractivity contribution in [2.45, 2.75) is 32.8 Å². The second-order valence-corrected chi connectivity index (χ2v) is 6.33. The minimum atomic E-state index is -0.286. The predicted octanol–water partition coefficient (Wildman–Crippen LogP) is 3.38. The maximum absolute atomic E-state index is 12.2. The average molecular weight is 341 g/mol. The lowest BCUT2D eigenvalue weighted by molar-refractivity contribution is 0.0820. The number of anilines is 1. The first kappa shape index (κ1) is 15.3. The largest absolute Gasteiger partial charge is 0.393 e. The summed E-state index contributed by atoms with van der Waals surface area (Å²) in [5.74, 6) is 0.310. The monoisotopic (exact) mass is 340 g/mol. The zero-order chi connectivity index (χ0) is 14.7. The molecule has 1 saturated heterocycles. The number of carbonyl (C=O) groups excluding carboxylic acids is 1. The van der Waals surface area contributed by atoms with Crippen LogP contribution >= 0.6 is 15.9 Å². The molecule has 2 N–H and O–H groups in total. The number of rotatable bonds is 2. The van der Waals surface area contributed by atoms with Crippen LogP contribution in [0.1, 0.15) is 25.3 Å². The second-order valence-electron chi connectivity index (χ2n) is 5.48. The van der Waals surface area contributed by atoms with Gasteiger partial charge in [0.1, 0.15) is 0 Å². The lowest BCUT2D eigenvalue weighted by Gasteiger charge is -2.33. The van der Waals surface area contributed by atoms with Crippen LogP contribution in [0, 0.1) is 12.8 Å². The highest BCUT2D eigenvalue weighted by atomic mass is 79.9. The van der Waals surface area contributed by atoms with Gasteiger partial charge in [0.15, 0.2) is 0 Å². The number of urea groups is 1. The number of carbonyl (C=O) groups is 1. The number of aliphatic hydroxyl groups is 1. The molecule has 2 rings (SSSR count). The molecule has 0 aromatic heterocycles. The van der Waals surface area contributed by atoms with Crippen molar-refractivity contribution in [2.75, 3.05) is 18.4 Å². The number of aliphatic hydroxyl groups excluding tert-OH is 1. The Morgan fingerprint density at radius 1 is 1.45 bits per heavy atom. The van der Waals surface area contributed by atoms with Crippen LogP contribution in [0.4, 0.5) is 10.5 Å². The maximum atomic E-state index is 12.2. The molecule has 1 unspecified atom stereocenters. The molecule has 0 radical (unpaired) electrons. The summed E-state index contributed by atoms with van der Waals surface area (Å²) in [6, 6.07) is 5.79. The van der Waals surface area contributed by atoms with Crippen molar-refractivity contribution >= 4 is 27.6 Å². The van der Waals surface area contributed by atoms with Crippen LogP contribution < -0.4 is 5.32 Å². The normalized spacial score (nSPS) is 17.9. The molecule has 20 heavy (non-hydrogen) atoms. The van der Waals surface area contributed by atoms with E-state index in [4.69, 9.17) is 0 Å². The molecule has 0 aliphatic carbocycles. The van der Waals surface area contributed by atoms with Gasteiger partial charge < -0.3 is 15.3 Å². The van der Waals surface area contributed by atoms with Gasteiger partial charge in [-0.25, -0.2) is 4.79 Å². The number of aryl methyl sites for hydroxylation is 1. The summed E-state index contributed by atoms with van der Waals surface area (Å²) in [5.41, 5.74) is 1.94. The summed E-state index contributed by atoms with van der Waals surface area (Å²) in [4.78, 5) is 14.0. The molecule has 0 saturated carbocycles. The Bertz CT molecular complexity index is 483. The van der Waals surface area contributed by atoms with E-state index < -0.39 is 0 Å². The van der Waals surface area contributed by atoms with Crippen LogP contribution in [-0.4, -0.2) is 35.2 Å². The first-order valence-electron chi connectivity index (χ1n) is 6.97. The molecule has 0 bridgehead atoms. The van der Waals surface area contributed by atoms with Crippen molar-refractivity contribution in [3.63, 3.8) is 0 Å². The number of nitrogens with one attached hydrogen (secondary N) is 1. The highest BCUT2D eigenvalue weighted by Crippen LogP contribution is 2.25. The van der Waals surface area contributed by atoms with E-state index in [2.05, 4.69) is 21.2 Å². The van der Waals surface area contributed by atoms with Crippen molar-refractivity contribution in [2.24, 2.45) is 5.92 Å². The minimum Gasteiger partial charge on any atom is -0.393 e. The lowest BCUT2D eigenvalue weighted by atomic mass is 9.92. The van der Waals surface area contributed by atoms with Gasteiger partial charge in [0.05, 0.1) is 11.8 Å². The molecule has 0 spiro atoms. The molecule has 1 fully saturated rings. The zero-order valence-electron chi connectivity index (χ0n) is 11.9. The Hall–Kier alpha value is -1.07. The van der Waals surface area contributed by atoms with E-state index in [1.54, 1.807) is 0 Å². The van der Waals surface area contributed by atoms with Gasteiger partial charge >= 0.3 is 6.03 Å². The van der Waals surface area contributed by atoms with Crippen molar-refractivity contribution in [3.8, 4) is 0 Å². The van der Waals surface area contributed by atoms with Crippen LogP contribution in [0.5, 0.6) is 0 Å². The first-order valence-corrected chi connectivity index (χ1v) is 7.77. The minimum absolute atomic E-state index is 0.0707. The van der Waals surface area contributed by atoms with Gasteiger partial charge in [0.2, 0.25) is 0 Å². The second kappa shape index (κ2) is 6.59. The van der Waals surface area contributed by atoms with Gasteiger partial charge in [-0.3, -0.25) is 0 Å². The van der Waals surface area contributed by atoms with E-state index in [9.17, 15) is 9.90 Å². The molecule has 1 aliphatic rings. The number of benzene rings is 1. The van der Waals surface area contributed by atoms with E-state index in [-0.39, 0.29) is 12.1 Å². The van der Waals surface area contributed by atoms with E-state index in [0.29, 0.717) is 19.0 Å². The SMILES string of the molecule is Cc1ccc(NC(=O)N2CCC(C(C)O)CC2)c(Br)c1. The van der Waals surface area contributed by atoms with Crippen molar-refractivity contribution in [1.29, 1.82) is 0 Å². The summed E-state index contributed by atoms with van der Waals surface area (Å²) in [5, 5.41) is 12.5. The van der Waals surface area contributed by atoms with Gasteiger partial charge in [0, 0.05) is 17.6 Å². The summed E-state index contributed by atoms with van der Waals surface area (Å²) in [6.45, 7) is 5.23. The van der Waals surface area contributed by atoms with Gasteiger partial charge in [-0.05, 0) is 66.2 Å². The molecule has 1 aliphatic heterocycles. The van der Waals surface area contributed by atoms with Crippen LogP contribution in [-0.2, 0) is 0 Å². The lowest BCUT2D eigenvalue weighted by Crippen LogP contribution is -2.42. The molecule has 1 aromatic rings. The van der Waals surface area contributed by atoms with Crippen LogP contribution in [0.2, 0.25) is 0 Å². The Balaban J connectivity index is 1.93. The Morgan fingerprint density at radius 3 is 2.65 bits per heavy atom. The van der Waals surface area contributed by atoms with Crippen molar-refractivity contribution < 1.29 is 9.90 Å².